The van der Waals surface area contributed by atoms with Crippen molar-refractivity contribution in [1.82, 2.24) is 5.32 Å². The van der Waals surface area contributed by atoms with Crippen molar-refractivity contribution in [2.24, 2.45) is 0 Å². The van der Waals surface area contributed by atoms with E-state index in [1.165, 1.54) is 0 Å². The van der Waals surface area contributed by atoms with Crippen LogP contribution in [0.25, 0.3) is 0 Å². The molecular formula is C7H13NO2. The average Bonchev–Trinajstić information content (AvgIpc) is 2.59. The van der Waals surface area contributed by atoms with Crippen molar-refractivity contribution < 1.29 is 9.47 Å². The molecule has 3 heteroatoms. The lowest BCUT2D eigenvalue weighted by Gasteiger charge is -2.16. The molecule has 0 spiro atoms. The minimum absolute atomic E-state index is 0.287. The highest BCUT2D eigenvalue weighted by atomic mass is 16.7. The average molecular weight is 143 g/mol. The predicted molar refractivity (Wildman–Crippen MR) is 36.7 cm³/mol. The fourth-order valence-electron chi connectivity index (χ4n) is 1.24. The second kappa shape index (κ2) is 1.94. The van der Waals surface area contributed by atoms with E-state index in [9.17, 15) is 0 Å². The van der Waals surface area contributed by atoms with Crippen LogP contribution < -0.4 is 5.32 Å². The standard InChI is InChI=1S/C7H13NO2/c1-7(2)9-4-6(10-7)5-3-8-5/h5-6,8H,3-4H2,1-2H3/t5-,6-/m1/s1. The summed E-state index contributed by atoms with van der Waals surface area (Å²) < 4.78 is 11.0. The SMILES string of the molecule is CC1(C)OC[C@H]([C@H]2CN2)O1. The van der Waals surface area contributed by atoms with Crippen LogP contribution in [0, 0.1) is 0 Å². The van der Waals surface area contributed by atoms with Crippen LogP contribution in [0.15, 0.2) is 0 Å². The molecule has 2 aliphatic heterocycles. The second-order valence-corrected chi connectivity index (χ2v) is 3.38. The molecule has 2 saturated heterocycles. The van der Waals surface area contributed by atoms with E-state index in [0.29, 0.717) is 6.04 Å². The van der Waals surface area contributed by atoms with Gasteiger partial charge in [-0.25, -0.2) is 0 Å². The van der Waals surface area contributed by atoms with E-state index in [-0.39, 0.29) is 11.9 Å². The van der Waals surface area contributed by atoms with Crippen LogP contribution >= 0.6 is 0 Å². The van der Waals surface area contributed by atoms with Gasteiger partial charge in [-0.1, -0.05) is 0 Å². The van der Waals surface area contributed by atoms with Gasteiger partial charge in [0, 0.05) is 12.6 Å². The summed E-state index contributed by atoms with van der Waals surface area (Å²) in [5.74, 6) is -0.352. The molecular weight excluding hydrogens is 130 g/mol. The summed E-state index contributed by atoms with van der Waals surface area (Å²) in [4.78, 5) is 0. The van der Waals surface area contributed by atoms with Gasteiger partial charge in [0.25, 0.3) is 0 Å². The predicted octanol–water partition coefficient (Wildman–Crippen LogP) is 0.110. The van der Waals surface area contributed by atoms with E-state index in [1.807, 2.05) is 13.8 Å². The Morgan fingerprint density at radius 1 is 1.50 bits per heavy atom. The van der Waals surface area contributed by atoms with E-state index in [4.69, 9.17) is 9.47 Å². The molecule has 2 atom stereocenters. The van der Waals surface area contributed by atoms with Gasteiger partial charge in [0.1, 0.15) is 6.10 Å². The zero-order valence-corrected chi connectivity index (χ0v) is 6.39. The van der Waals surface area contributed by atoms with Crippen LogP contribution in [-0.4, -0.2) is 31.1 Å². The monoisotopic (exact) mass is 143 g/mol. The van der Waals surface area contributed by atoms with Crippen molar-refractivity contribution in [3.63, 3.8) is 0 Å². The lowest BCUT2D eigenvalue weighted by molar-refractivity contribution is -0.138. The number of hydrogen-bond acceptors (Lipinski definition) is 3. The molecule has 2 aliphatic rings. The molecule has 1 N–H and O–H groups in total. The van der Waals surface area contributed by atoms with Crippen LogP contribution in [0.4, 0.5) is 0 Å². The molecule has 0 bridgehead atoms. The van der Waals surface area contributed by atoms with Crippen molar-refractivity contribution >= 4 is 0 Å². The summed E-state index contributed by atoms with van der Waals surface area (Å²) in [6.45, 7) is 5.74. The first-order valence-corrected chi connectivity index (χ1v) is 3.72. The number of hydrogen-bond donors (Lipinski definition) is 1. The summed E-state index contributed by atoms with van der Waals surface area (Å²) in [5.41, 5.74) is 0. The van der Waals surface area contributed by atoms with Crippen molar-refractivity contribution in [1.29, 1.82) is 0 Å². The molecule has 0 radical (unpaired) electrons. The molecule has 58 valence electrons. The highest BCUT2D eigenvalue weighted by molar-refractivity contribution is 4.94. The molecule has 0 saturated carbocycles. The molecule has 0 amide bonds. The van der Waals surface area contributed by atoms with E-state index >= 15 is 0 Å². The molecule has 0 aliphatic carbocycles. The molecule has 2 fully saturated rings. The lowest BCUT2D eigenvalue weighted by atomic mass is 10.3. The molecule has 0 aromatic carbocycles. The van der Waals surface area contributed by atoms with Gasteiger partial charge in [0.2, 0.25) is 0 Å². The van der Waals surface area contributed by atoms with Crippen LogP contribution in [0.2, 0.25) is 0 Å². The van der Waals surface area contributed by atoms with E-state index in [2.05, 4.69) is 5.32 Å². The Balaban J connectivity index is 1.92. The van der Waals surface area contributed by atoms with Crippen LogP contribution in [-0.2, 0) is 9.47 Å². The number of ether oxygens (including phenoxy) is 2. The Hall–Kier alpha value is -0.120. The van der Waals surface area contributed by atoms with Gasteiger partial charge in [-0.15, -0.1) is 0 Å². The topological polar surface area (TPSA) is 40.4 Å². The molecule has 0 unspecified atom stereocenters. The van der Waals surface area contributed by atoms with Crippen LogP contribution in [0.1, 0.15) is 13.8 Å². The first kappa shape index (κ1) is 6.58. The minimum Gasteiger partial charge on any atom is -0.348 e. The van der Waals surface area contributed by atoms with Crippen molar-refractivity contribution in [2.75, 3.05) is 13.2 Å². The first-order chi connectivity index (χ1) is 4.67. The highest BCUT2D eigenvalue weighted by Crippen LogP contribution is 2.26. The van der Waals surface area contributed by atoms with Gasteiger partial charge < -0.3 is 14.8 Å². The normalized spacial score (nSPS) is 43.8. The van der Waals surface area contributed by atoms with Crippen LogP contribution in [0.3, 0.4) is 0 Å². The fraction of sp³-hybridized carbons (Fsp3) is 1.00. The first-order valence-electron chi connectivity index (χ1n) is 3.72. The summed E-state index contributed by atoms with van der Waals surface area (Å²) >= 11 is 0. The van der Waals surface area contributed by atoms with Crippen molar-refractivity contribution in [3.05, 3.63) is 0 Å². The lowest BCUT2D eigenvalue weighted by Crippen LogP contribution is -2.25. The Morgan fingerprint density at radius 2 is 2.20 bits per heavy atom. The van der Waals surface area contributed by atoms with Crippen molar-refractivity contribution in [3.8, 4) is 0 Å². The Labute approximate surface area is 60.7 Å². The van der Waals surface area contributed by atoms with Gasteiger partial charge in [0.05, 0.1) is 6.61 Å². The van der Waals surface area contributed by atoms with E-state index in [1.54, 1.807) is 0 Å². The molecule has 10 heavy (non-hydrogen) atoms. The van der Waals surface area contributed by atoms with Gasteiger partial charge in [-0.3, -0.25) is 0 Å². The Bertz CT molecular complexity index is 143. The maximum absolute atomic E-state index is 5.59. The maximum atomic E-state index is 5.59. The van der Waals surface area contributed by atoms with Crippen LogP contribution in [0.5, 0.6) is 0 Å². The fourth-order valence-corrected chi connectivity index (χ4v) is 1.24. The van der Waals surface area contributed by atoms with E-state index in [0.717, 1.165) is 13.2 Å². The molecule has 3 nitrogen and oxygen atoms in total. The smallest absolute Gasteiger partial charge is 0.163 e. The maximum Gasteiger partial charge on any atom is 0.163 e. The van der Waals surface area contributed by atoms with Crippen molar-refractivity contribution in [2.45, 2.75) is 31.8 Å². The third-order valence-electron chi connectivity index (χ3n) is 1.92. The third-order valence-corrected chi connectivity index (χ3v) is 1.92. The number of nitrogens with one attached hydrogen (secondary N) is 1. The minimum atomic E-state index is -0.352. The Morgan fingerprint density at radius 3 is 2.60 bits per heavy atom. The van der Waals surface area contributed by atoms with Gasteiger partial charge in [-0.05, 0) is 13.8 Å². The third kappa shape index (κ3) is 1.17. The molecule has 0 aromatic rings. The summed E-state index contributed by atoms with van der Waals surface area (Å²) in [5, 5.41) is 3.21. The molecule has 2 rings (SSSR count). The largest absolute Gasteiger partial charge is 0.348 e. The highest BCUT2D eigenvalue weighted by Gasteiger charge is 2.41. The number of rotatable bonds is 1. The second-order valence-electron chi connectivity index (χ2n) is 3.38. The molecule has 0 aromatic heterocycles. The zero-order chi connectivity index (χ0) is 7.19. The molecule has 2 heterocycles. The summed E-state index contributed by atoms with van der Waals surface area (Å²) in [6.07, 6.45) is 0.287. The van der Waals surface area contributed by atoms with Gasteiger partial charge >= 0.3 is 0 Å². The quantitative estimate of drug-likeness (QED) is 0.530. The summed E-state index contributed by atoms with van der Waals surface area (Å²) in [7, 11) is 0. The van der Waals surface area contributed by atoms with Gasteiger partial charge in [-0.2, -0.15) is 0 Å². The van der Waals surface area contributed by atoms with Gasteiger partial charge in [0.15, 0.2) is 5.79 Å². The Kier molecular flexibility index (Phi) is 1.27. The zero-order valence-electron chi connectivity index (χ0n) is 6.39. The summed E-state index contributed by atoms with van der Waals surface area (Å²) in [6, 6.07) is 0.557. The van der Waals surface area contributed by atoms with E-state index < -0.39 is 0 Å².